The number of nitrogens with one attached hydrogen (secondary N) is 2. The van der Waals surface area contributed by atoms with Crippen LogP contribution in [0, 0.1) is 0 Å². The maximum Gasteiger partial charge on any atom is 0.335 e. The molecule has 0 bridgehead atoms. The molecular formula is C23H23N3O5. The smallest absolute Gasteiger partial charge is 0.335 e. The second-order valence-electron chi connectivity index (χ2n) is 7.48. The maximum absolute atomic E-state index is 13.0. The molecule has 2 heterocycles. The minimum atomic E-state index is -0.991. The lowest BCUT2D eigenvalue weighted by Gasteiger charge is -2.26. The van der Waals surface area contributed by atoms with Gasteiger partial charge in [0.05, 0.1) is 25.4 Å². The third-order valence-corrected chi connectivity index (χ3v) is 5.38. The van der Waals surface area contributed by atoms with Gasteiger partial charge in [-0.2, -0.15) is 0 Å². The Hall–Kier alpha value is -3.49. The number of amides is 1. The number of hydrogen-bond acceptors (Lipinski definition) is 5. The van der Waals surface area contributed by atoms with E-state index in [1.165, 1.54) is 12.1 Å². The molecule has 1 aliphatic rings. The van der Waals surface area contributed by atoms with Crippen LogP contribution in [0.5, 0.6) is 0 Å². The van der Waals surface area contributed by atoms with E-state index in [4.69, 9.17) is 9.84 Å². The van der Waals surface area contributed by atoms with Crippen molar-refractivity contribution in [3.8, 4) is 0 Å². The Morgan fingerprint density at radius 1 is 1.06 bits per heavy atom. The van der Waals surface area contributed by atoms with Gasteiger partial charge in [0, 0.05) is 47.7 Å². The Morgan fingerprint density at radius 3 is 2.48 bits per heavy atom. The highest BCUT2D eigenvalue weighted by atomic mass is 16.5. The van der Waals surface area contributed by atoms with Crippen LogP contribution in [0.1, 0.15) is 31.8 Å². The van der Waals surface area contributed by atoms with E-state index < -0.39 is 5.97 Å². The van der Waals surface area contributed by atoms with Gasteiger partial charge in [-0.25, -0.2) is 4.79 Å². The minimum absolute atomic E-state index is 0.154. The van der Waals surface area contributed by atoms with Crippen LogP contribution < -0.4 is 10.7 Å². The van der Waals surface area contributed by atoms with Crippen molar-refractivity contribution in [3.63, 3.8) is 0 Å². The standard InChI is InChI=1S/C23H23N3O5/c27-21-18(11-15-1-3-16(4-2-15)23(29)30)13-24-20-6-5-17(12-19(20)21)22(28)25-14-26-7-9-31-10-8-26/h1-6,12-13H,7-11,14H2,(H,24,27)(H,25,28)(H,29,30). The summed E-state index contributed by atoms with van der Waals surface area (Å²) in [4.78, 5) is 41.8. The van der Waals surface area contributed by atoms with E-state index in [0.29, 0.717) is 48.3 Å². The first-order valence-corrected chi connectivity index (χ1v) is 10.1. The number of nitrogens with zero attached hydrogens (tertiary/aromatic N) is 1. The van der Waals surface area contributed by atoms with Crippen molar-refractivity contribution >= 4 is 22.8 Å². The summed E-state index contributed by atoms with van der Waals surface area (Å²) in [6.07, 6.45) is 2.02. The number of aromatic amines is 1. The zero-order valence-corrected chi connectivity index (χ0v) is 16.9. The summed E-state index contributed by atoms with van der Waals surface area (Å²) >= 11 is 0. The molecule has 31 heavy (non-hydrogen) atoms. The van der Waals surface area contributed by atoms with Crippen molar-refractivity contribution in [2.45, 2.75) is 6.42 Å². The SMILES string of the molecule is O=C(O)c1ccc(Cc2c[nH]c3ccc(C(=O)NCN4CCOCC4)cc3c2=O)cc1. The van der Waals surface area contributed by atoms with Crippen LogP contribution >= 0.6 is 0 Å². The molecule has 4 rings (SSSR count). The van der Waals surface area contributed by atoms with Crippen LogP contribution in [0.25, 0.3) is 10.9 Å². The molecule has 160 valence electrons. The summed E-state index contributed by atoms with van der Waals surface area (Å²) in [5, 5.41) is 12.4. The number of carbonyl (C=O) groups excluding carboxylic acids is 1. The van der Waals surface area contributed by atoms with Gasteiger partial charge >= 0.3 is 5.97 Å². The minimum Gasteiger partial charge on any atom is -0.478 e. The quantitative estimate of drug-likeness (QED) is 0.560. The fourth-order valence-corrected chi connectivity index (χ4v) is 3.56. The number of carbonyl (C=O) groups is 2. The van der Waals surface area contributed by atoms with Gasteiger partial charge in [-0.1, -0.05) is 12.1 Å². The molecule has 8 heteroatoms. The number of morpholine rings is 1. The van der Waals surface area contributed by atoms with E-state index in [1.807, 2.05) is 0 Å². The van der Waals surface area contributed by atoms with Crippen molar-refractivity contribution in [2.24, 2.45) is 0 Å². The number of carboxylic acids is 1. The average Bonchev–Trinajstić information content (AvgIpc) is 2.80. The molecule has 1 aromatic heterocycles. The molecule has 8 nitrogen and oxygen atoms in total. The second-order valence-corrected chi connectivity index (χ2v) is 7.48. The normalized spacial score (nSPS) is 14.5. The van der Waals surface area contributed by atoms with Gasteiger partial charge in [-0.05, 0) is 35.9 Å². The van der Waals surface area contributed by atoms with E-state index >= 15 is 0 Å². The number of hydrogen-bond donors (Lipinski definition) is 3. The number of H-pyrrole nitrogens is 1. The fourth-order valence-electron chi connectivity index (χ4n) is 3.56. The van der Waals surface area contributed by atoms with Crippen LogP contribution in [0.15, 0.2) is 53.5 Å². The number of benzene rings is 2. The Morgan fingerprint density at radius 2 is 1.77 bits per heavy atom. The fraction of sp³-hybridized carbons (Fsp3) is 0.261. The predicted octanol–water partition coefficient (Wildman–Crippen LogP) is 1.84. The van der Waals surface area contributed by atoms with E-state index in [-0.39, 0.29) is 16.9 Å². The number of carboxylic acid groups (broad SMARTS) is 1. The Balaban J connectivity index is 1.52. The van der Waals surface area contributed by atoms with Crippen LogP contribution in [-0.4, -0.2) is 59.8 Å². The van der Waals surface area contributed by atoms with Crippen molar-refractivity contribution in [3.05, 3.63) is 81.1 Å². The van der Waals surface area contributed by atoms with E-state index in [0.717, 1.165) is 18.7 Å². The summed E-state index contributed by atoms with van der Waals surface area (Å²) in [7, 11) is 0. The van der Waals surface area contributed by atoms with Gasteiger partial charge in [-0.15, -0.1) is 0 Å². The Labute approximate surface area is 178 Å². The monoisotopic (exact) mass is 421 g/mol. The molecule has 1 amide bonds. The molecule has 0 aliphatic carbocycles. The molecule has 0 unspecified atom stereocenters. The van der Waals surface area contributed by atoms with Crippen molar-refractivity contribution in [2.75, 3.05) is 33.0 Å². The van der Waals surface area contributed by atoms with Crippen LogP contribution in [0.2, 0.25) is 0 Å². The molecule has 2 aromatic carbocycles. The first-order valence-electron chi connectivity index (χ1n) is 10.1. The third kappa shape index (κ3) is 4.82. The van der Waals surface area contributed by atoms with Crippen LogP contribution in [0.4, 0.5) is 0 Å². The zero-order valence-electron chi connectivity index (χ0n) is 16.9. The summed E-state index contributed by atoms with van der Waals surface area (Å²) in [6, 6.07) is 11.5. The first-order chi connectivity index (χ1) is 15.0. The molecule has 0 atom stereocenters. The van der Waals surface area contributed by atoms with Crippen LogP contribution in [0.3, 0.4) is 0 Å². The highest BCUT2D eigenvalue weighted by Crippen LogP contribution is 2.14. The molecule has 0 spiro atoms. The first kappa shape index (κ1) is 20.8. The highest BCUT2D eigenvalue weighted by molar-refractivity contribution is 5.98. The van der Waals surface area contributed by atoms with Crippen LogP contribution in [-0.2, 0) is 11.2 Å². The van der Waals surface area contributed by atoms with E-state index in [2.05, 4.69) is 15.2 Å². The van der Waals surface area contributed by atoms with E-state index in [1.54, 1.807) is 36.5 Å². The lowest BCUT2D eigenvalue weighted by atomic mass is 10.0. The maximum atomic E-state index is 13.0. The molecule has 1 fully saturated rings. The number of rotatable bonds is 6. The largest absolute Gasteiger partial charge is 0.478 e. The third-order valence-electron chi connectivity index (χ3n) is 5.38. The lowest BCUT2D eigenvalue weighted by molar-refractivity contribution is 0.0334. The Bertz CT molecular complexity index is 1160. The van der Waals surface area contributed by atoms with Crippen molar-refractivity contribution in [1.29, 1.82) is 0 Å². The molecule has 0 radical (unpaired) electrons. The summed E-state index contributed by atoms with van der Waals surface area (Å²) < 4.78 is 5.30. The van der Waals surface area contributed by atoms with Crippen molar-refractivity contribution < 1.29 is 19.4 Å². The number of ether oxygens (including phenoxy) is 1. The second kappa shape index (κ2) is 9.11. The van der Waals surface area contributed by atoms with Gasteiger partial charge in [0.1, 0.15) is 0 Å². The molecule has 0 saturated carbocycles. The topological polar surface area (TPSA) is 112 Å². The zero-order chi connectivity index (χ0) is 21.8. The number of aromatic nitrogens is 1. The van der Waals surface area contributed by atoms with Gasteiger partial charge < -0.3 is 20.1 Å². The lowest BCUT2D eigenvalue weighted by Crippen LogP contribution is -2.43. The number of aromatic carboxylic acids is 1. The van der Waals surface area contributed by atoms with Gasteiger partial charge in [0.2, 0.25) is 0 Å². The van der Waals surface area contributed by atoms with Crippen molar-refractivity contribution in [1.82, 2.24) is 15.2 Å². The van der Waals surface area contributed by atoms with Gasteiger partial charge in [0.25, 0.3) is 5.91 Å². The Kier molecular flexibility index (Phi) is 6.11. The average molecular weight is 421 g/mol. The highest BCUT2D eigenvalue weighted by Gasteiger charge is 2.14. The molecule has 3 N–H and O–H groups in total. The predicted molar refractivity (Wildman–Crippen MR) is 116 cm³/mol. The molecule has 1 saturated heterocycles. The molecule has 1 aliphatic heterocycles. The number of fused-ring (bicyclic) bond motifs is 1. The molecule has 3 aromatic rings. The summed E-state index contributed by atoms with van der Waals surface area (Å²) in [5.41, 5.74) is 2.49. The van der Waals surface area contributed by atoms with Gasteiger partial charge in [0.15, 0.2) is 5.43 Å². The summed E-state index contributed by atoms with van der Waals surface area (Å²) in [6.45, 7) is 3.29. The summed E-state index contributed by atoms with van der Waals surface area (Å²) in [5.74, 6) is -1.23. The number of pyridine rings is 1. The van der Waals surface area contributed by atoms with E-state index in [9.17, 15) is 14.4 Å². The molecular weight excluding hydrogens is 398 g/mol. The van der Waals surface area contributed by atoms with Gasteiger partial charge in [-0.3, -0.25) is 14.5 Å².